The SMILES string of the molecule is CC[C@H]1OC(=O)[C@H](C)[C@@H](O[C@H]2C[C@@](C)(OC)[C@@H](O)[C@H](C)O2)[C@H](C)[C@@H](O[C@@H]2O[C@H](C)C[C@H](N(C)C(=O)N3CCOCC3)[C@H]2O)[C@](C)(OC)C[C@@H](C)C(=O)[C@H](C)[C@H]2[C@H](SCCOc3cc(C(=O)Nc4c(Cl)cncc4Cl)ccc3CO)C(=O)O[C@@]21C. The molecule has 3 amide bonds. The summed E-state index contributed by atoms with van der Waals surface area (Å²) in [7, 11) is 4.61. The van der Waals surface area contributed by atoms with Crippen molar-refractivity contribution in [2.45, 2.75) is 185 Å². The summed E-state index contributed by atoms with van der Waals surface area (Å²) in [5.74, 6) is -6.33. The lowest BCUT2D eigenvalue weighted by molar-refractivity contribution is -0.319. The molecule has 6 heterocycles. The normalized spacial score (nSPS) is 37.1. The summed E-state index contributed by atoms with van der Waals surface area (Å²) < 4.78 is 63.7. The van der Waals surface area contributed by atoms with E-state index in [0.29, 0.717) is 31.9 Å². The van der Waals surface area contributed by atoms with Crippen LogP contribution in [0.15, 0.2) is 30.6 Å². The molecule has 0 aliphatic carbocycles. The average molecular weight is 1240 g/mol. The number of hydrogen-bond donors (Lipinski definition) is 4. The molecule has 22 nitrogen and oxygen atoms in total. The van der Waals surface area contributed by atoms with Crippen LogP contribution in [0.3, 0.4) is 0 Å². The van der Waals surface area contributed by atoms with Gasteiger partial charge in [0.15, 0.2) is 18.2 Å². The Morgan fingerprint density at radius 3 is 2.21 bits per heavy atom. The molecule has 470 valence electrons. The molecule has 0 spiro atoms. The lowest BCUT2D eigenvalue weighted by Gasteiger charge is -2.50. The maximum atomic E-state index is 15.4. The number of nitrogens with zero attached hydrogens (tertiary/aromatic N) is 3. The number of pyridine rings is 1. The molecule has 5 aliphatic rings. The first kappa shape index (κ1) is 67.6. The van der Waals surface area contributed by atoms with Gasteiger partial charge in [0.25, 0.3) is 5.91 Å². The van der Waals surface area contributed by atoms with Crippen molar-refractivity contribution in [1.29, 1.82) is 0 Å². The summed E-state index contributed by atoms with van der Waals surface area (Å²) in [6, 6.07) is 3.49. The first-order valence-corrected chi connectivity index (χ1v) is 30.7. The van der Waals surface area contributed by atoms with Crippen LogP contribution < -0.4 is 10.1 Å². The van der Waals surface area contributed by atoms with E-state index in [1.54, 1.807) is 73.4 Å². The maximum absolute atomic E-state index is 15.4. The molecule has 1 aromatic heterocycles. The van der Waals surface area contributed by atoms with Crippen LogP contribution in [0.2, 0.25) is 10.0 Å². The Hall–Kier alpha value is -3.95. The van der Waals surface area contributed by atoms with E-state index in [0.717, 1.165) is 0 Å². The van der Waals surface area contributed by atoms with Gasteiger partial charge in [0.1, 0.15) is 35.1 Å². The number of rotatable bonds is 16. The topological polar surface area (TPSA) is 270 Å². The van der Waals surface area contributed by atoms with Gasteiger partial charge in [0.05, 0.1) is 89.7 Å². The lowest BCUT2D eigenvalue weighted by Crippen LogP contribution is -2.62. The van der Waals surface area contributed by atoms with E-state index in [1.807, 2.05) is 13.8 Å². The van der Waals surface area contributed by atoms with Gasteiger partial charge in [-0.15, -0.1) is 11.8 Å². The van der Waals surface area contributed by atoms with Gasteiger partial charge in [0, 0.05) is 93.7 Å². The number of amides is 3. The second kappa shape index (κ2) is 28.5. The number of esters is 2. The van der Waals surface area contributed by atoms with Crippen LogP contribution in [0.1, 0.15) is 111 Å². The summed E-state index contributed by atoms with van der Waals surface area (Å²) in [6.45, 7) is 18.6. The number of aliphatic hydroxyl groups excluding tert-OH is 3. The van der Waals surface area contributed by atoms with E-state index in [-0.39, 0.29) is 76.9 Å². The van der Waals surface area contributed by atoms with Crippen molar-refractivity contribution in [3.63, 3.8) is 0 Å². The number of fused-ring (bicyclic) bond motifs is 1. The van der Waals surface area contributed by atoms with E-state index >= 15 is 9.59 Å². The van der Waals surface area contributed by atoms with E-state index in [1.165, 1.54) is 55.4 Å². The Bertz CT molecular complexity index is 2620. The van der Waals surface area contributed by atoms with E-state index in [2.05, 4.69) is 10.3 Å². The number of nitrogens with one attached hydrogen (secondary N) is 1. The van der Waals surface area contributed by atoms with Crippen molar-refractivity contribution >= 4 is 70.3 Å². The van der Waals surface area contributed by atoms with Crippen LogP contribution in [0.25, 0.3) is 0 Å². The van der Waals surface area contributed by atoms with Crippen molar-refractivity contribution in [3.05, 3.63) is 51.8 Å². The molecule has 5 aliphatic heterocycles. The Balaban J connectivity index is 1.22. The number of aromatic nitrogens is 1. The number of ketones is 1. The Labute approximate surface area is 506 Å². The molecular weight excluding hydrogens is 1160 g/mol. The van der Waals surface area contributed by atoms with Crippen molar-refractivity contribution < 1.29 is 86.7 Å². The zero-order chi connectivity index (χ0) is 61.7. The second-order valence-electron chi connectivity index (χ2n) is 23.7. The van der Waals surface area contributed by atoms with Crippen molar-refractivity contribution in [3.8, 4) is 5.75 Å². The van der Waals surface area contributed by atoms with Gasteiger partial charge in [-0.2, -0.15) is 0 Å². The van der Waals surface area contributed by atoms with E-state index < -0.39 is 137 Å². The van der Waals surface area contributed by atoms with Gasteiger partial charge in [-0.05, 0) is 72.9 Å². The fraction of sp³-hybridized carbons (Fsp3) is 0.729. The highest BCUT2D eigenvalue weighted by Gasteiger charge is 2.62. The zero-order valence-corrected chi connectivity index (χ0v) is 52.7. The van der Waals surface area contributed by atoms with Crippen LogP contribution >= 0.6 is 35.0 Å². The van der Waals surface area contributed by atoms with Crippen LogP contribution in [-0.2, 0) is 63.6 Å². The van der Waals surface area contributed by atoms with Gasteiger partial charge < -0.3 is 77.8 Å². The summed E-state index contributed by atoms with van der Waals surface area (Å²) in [5, 5.41) is 35.8. The predicted molar refractivity (Wildman–Crippen MR) is 311 cm³/mol. The van der Waals surface area contributed by atoms with E-state index in [9.17, 15) is 29.7 Å². The minimum atomic E-state index is -1.54. The van der Waals surface area contributed by atoms with Crippen LogP contribution in [0, 0.1) is 29.6 Å². The third-order valence-corrected chi connectivity index (χ3v) is 19.7. The Morgan fingerprint density at radius 1 is 0.917 bits per heavy atom. The maximum Gasteiger partial charge on any atom is 0.320 e. The largest absolute Gasteiger partial charge is 0.492 e. The standard InChI is InChI=1S/C59H86Cl2N4O18S/c1-14-42-59(10)44(49(54(72)83-59)84-22-21-77-41-24-36(15-16-37(41)29-66)52(70)63-45-38(60)27-62-28-39(45)61)32(4)46(67)30(2)25-58(9,75-13)51(82-55-47(68)40(23-31(3)78-55)64(11)56(73)65-17-19-76-20-18-65)33(5)48(34(6)53(71)80-42)81-43-26-57(8,74-12)50(69)35(7)79-43/h15-16,24,27-28,30-35,40,42-44,47-51,55,66,68-69H,14,17-23,25-26,29H2,1-13H3,(H,62,63,70)/t30-,31-,32-,33+,34-,35+,40+,42-,43+,44+,47-,48+,49+,50+,51-,55+,57-,58-,59-/m1/s1. The van der Waals surface area contributed by atoms with Crippen molar-refractivity contribution in [2.75, 3.05) is 65.2 Å². The monoisotopic (exact) mass is 1240 g/mol. The Morgan fingerprint density at radius 2 is 1.58 bits per heavy atom. The van der Waals surface area contributed by atoms with E-state index in [4.69, 9.17) is 70.6 Å². The molecule has 0 radical (unpaired) electrons. The van der Waals surface area contributed by atoms with Gasteiger partial charge in [-0.25, -0.2) is 4.79 Å². The molecule has 5 fully saturated rings. The minimum absolute atomic E-state index is 0.0149. The number of cyclic esters (lactones) is 1. The van der Waals surface area contributed by atoms with Crippen molar-refractivity contribution in [1.82, 2.24) is 14.8 Å². The molecule has 7 rings (SSSR count). The van der Waals surface area contributed by atoms with Gasteiger partial charge in [0.2, 0.25) is 0 Å². The van der Waals surface area contributed by atoms with Gasteiger partial charge in [-0.1, -0.05) is 57.0 Å². The minimum Gasteiger partial charge on any atom is -0.492 e. The molecular formula is C59H86Cl2N4O18S. The number of aliphatic hydroxyl groups is 3. The number of carbonyl (C=O) groups excluding carboxylic acids is 5. The lowest BCUT2D eigenvalue weighted by atomic mass is 9.70. The third-order valence-electron chi connectivity index (χ3n) is 17.9. The fourth-order valence-electron chi connectivity index (χ4n) is 12.9. The molecule has 25 heteroatoms. The highest BCUT2D eigenvalue weighted by molar-refractivity contribution is 8.00. The first-order valence-electron chi connectivity index (χ1n) is 28.9. The number of thioether (sulfide) groups is 1. The smallest absolute Gasteiger partial charge is 0.320 e. The van der Waals surface area contributed by atoms with Crippen molar-refractivity contribution in [2.24, 2.45) is 29.6 Å². The number of methoxy groups -OCH3 is 2. The number of carbonyl (C=O) groups is 5. The fourth-order valence-corrected chi connectivity index (χ4v) is 14.7. The summed E-state index contributed by atoms with van der Waals surface area (Å²) >= 11 is 13.7. The summed E-state index contributed by atoms with van der Waals surface area (Å²) in [6.07, 6.45) is -6.30. The average Bonchev–Trinajstić information content (AvgIpc) is 2.16. The number of Topliss-reactive ketones (excluding diaryl/α,β-unsaturated/α-hetero) is 1. The molecule has 1 aromatic carbocycles. The number of halogens is 2. The molecule has 0 unspecified atom stereocenters. The summed E-state index contributed by atoms with van der Waals surface area (Å²) in [5.41, 5.74) is -3.36. The number of ether oxygens (including phenoxy) is 10. The highest BCUT2D eigenvalue weighted by atomic mass is 35.5. The molecule has 84 heavy (non-hydrogen) atoms. The molecule has 5 saturated heterocycles. The molecule has 0 bridgehead atoms. The molecule has 19 atom stereocenters. The van der Waals surface area contributed by atoms with Crippen LogP contribution in [0.5, 0.6) is 5.75 Å². The van der Waals surface area contributed by atoms with Crippen LogP contribution in [0.4, 0.5) is 10.5 Å². The molecule has 4 N–H and O–H groups in total. The molecule has 0 saturated carbocycles. The predicted octanol–water partition coefficient (Wildman–Crippen LogP) is 6.71. The summed E-state index contributed by atoms with van der Waals surface area (Å²) in [4.78, 5) is 79.5. The number of morpholine rings is 1. The number of urea groups is 1. The highest BCUT2D eigenvalue weighted by Crippen LogP contribution is 2.50. The number of hydrogen-bond acceptors (Lipinski definition) is 20. The number of likely N-dealkylation sites (N-methyl/N-ethyl adjacent to an activating group) is 1. The van der Waals surface area contributed by atoms with Gasteiger partial charge in [-0.3, -0.25) is 24.2 Å². The zero-order valence-electron chi connectivity index (χ0n) is 50.4. The third kappa shape index (κ3) is 14.5. The Kier molecular flexibility index (Phi) is 22.9. The quantitative estimate of drug-likeness (QED) is 0.100. The molecule has 2 aromatic rings. The number of benzene rings is 1. The second-order valence-corrected chi connectivity index (χ2v) is 25.7. The number of anilines is 1. The van der Waals surface area contributed by atoms with Crippen LogP contribution in [-0.4, -0.2) is 203 Å². The van der Waals surface area contributed by atoms with Gasteiger partial charge >= 0.3 is 18.0 Å². The first-order chi connectivity index (χ1) is 39.7.